The highest BCUT2D eigenvalue weighted by atomic mass is 35.5. The fourth-order valence-electron chi connectivity index (χ4n) is 3.28. The molecule has 2 saturated heterocycles. The quantitative estimate of drug-likeness (QED) is 0.916. The molecule has 0 spiro atoms. The lowest BCUT2D eigenvalue weighted by atomic mass is 10.1. The molecular formula is C14H18Cl2N2. The summed E-state index contributed by atoms with van der Waals surface area (Å²) in [5, 5.41) is 5.10. The van der Waals surface area contributed by atoms with Crippen molar-refractivity contribution in [3.63, 3.8) is 0 Å². The lowest BCUT2D eigenvalue weighted by Gasteiger charge is -2.21. The van der Waals surface area contributed by atoms with Gasteiger partial charge in [0, 0.05) is 35.2 Å². The van der Waals surface area contributed by atoms with Crippen LogP contribution in [0.1, 0.15) is 24.8 Å². The van der Waals surface area contributed by atoms with Crippen LogP contribution in [0.4, 0.5) is 0 Å². The third kappa shape index (κ3) is 2.67. The summed E-state index contributed by atoms with van der Waals surface area (Å²) in [6.07, 6.45) is 3.96. The Hall–Kier alpha value is -0.280. The van der Waals surface area contributed by atoms with Gasteiger partial charge in [-0.3, -0.25) is 4.90 Å². The van der Waals surface area contributed by atoms with Crippen LogP contribution < -0.4 is 5.32 Å². The molecule has 1 N–H and O–H groups in total. The first-order chi connectivity index (χ1) is 8.72. The second-order valence-corrected chi connectivity index (χ2v) is 6.17. The highest BCUT2D eigenvalue weighted by Crippen LogP contribution is 2.28. The van der Waals surface area contributed by atoms with Crippen LogP contribution in [-0.2, 0) is 6.54 Å². The predicted octanol–water partition coefficient (Wildman–Crippen LogP) is 3.32. The van der Waals surface area contributed by atoms with Gasteiger partial charge >= 0.3 is 0 Å². The number of halogens is 2. The molecule has 2 unspecified atom stereocenters. The van der Waals surface area contributed by atoms with Gasteiger partial charge in [0.25, 0.3) is 0 Å². The van der Waals surface area contributed by atoms with E-state index >= 15 is 0 Å². The van der Waals surface area contributed by atoms with E-state index < -0.39 is 0 Å². The Morgan fingerprint density at radius 3 is 2.67 bits per heavy atom. The van der Waals surface area contributed by atoms with E-state index in [4.69, 9.17) is 23.2 Å². The fourth-order valence-corrected chi connectivity index (χ4v) is 3.85. The van der Waals surface area contributed by atoms with Gasteiger partial charge < -0.3 is 5.32 Å². The minimum Gasteiger partial charge on any atom is -0.308 e. The predicted molar refractivity (Wildman–Crippen MR) is 76.3 cm³/mol. The zero-order chi connectivity index (χ0) is 12.5. The van der Waals surface area contributed by atoms with Crippen LogP contribution in [0.5, 0.6) is 0 Å². The summed E-state index contributed by atoms with van der Waals surface area (Å²) in [6, 6.07) is 7.13. The maximum Gasteiger partial charge on any atom is 0.0424 e. The van der Waals surface area contributed by atoms with Crippen LogP contribution in [0, 0.1) is 0 Å². The molecule has 0 saturated carbocycles. The Bertz CT molecular complexity index is 416. The minimum absolute atomic E-state index is 0.630. The Morgan fingerprint density at radius 2 is 1.89 bits per heavy atom. The molecule has 2 aliphatic rings. The van der Waals surface area contributed by atoms with Gasteiger partial charge in [-0.2, -0.15) is 0 Å². The molecule has 0 aliphatic carbocycles. The summed E-state index contributed by atoms with van der Waals surface area (Å²) >= 11 is 12.0. The second-order valence-electron chi connectivity index (χ2n) is 5.30. The van der Waals surface area contributed by atoms with Crippen LogP contribution >= 0.6 is 23.2 Å². The molecule has 0 radical (unpaired) electrons. The monoisotopic (exact) mass is 284 g/mol. The van der Waals surface area contributed by atoms with Crippen molar-refractivity contribution >= 4 is 23.2 Å². The topological polar surface area (TPSA) is 15.3 Å². The zero-order valence-electron chi connectivity index (χ0n) is 10.3. The van der Waals surface area contributed by atoms with Gasteiger partial charge in [-0.25, -0.2) is 0 Å². The average Bonchev–Trinajstić information content (AvgIpc) is 2.87. The van der Waals surface area contributed by atoms with Gasteiger partial charge in [-0.15, -0.1) is 0 Å². The molecule has 1 aromatic rings. The van der Waals surface area contributed by atoms with E-state index in [0.29, 0.717) is 16.1 Å². The normalized spacial score (nSPS) is 27.7. The van der Waals surface area contributed by atoms with E-state index in [1.165, 1.54) is 37.9 Å². The third-order valence-electron chi connectivity index (χ3n) is 4.10. The molecular weight excluding hydrogens is 267 g/mol. The number of nitrogens with zero attached hydrogens (tertiary/aromatic N) is 1. The molecule has 2 nitrogen and oxygen atoms in total. The molecule has 4 heteroatoms. The first kappa shape index (κ1) is 12.7. The Kier molecular flexibility index (Phi) is 3.81. The fraction of sp³-hybridized carbons (Fsp3) is 0.571. The molecule has 2 heterocycles. The summed E-state index contributed by atoms with van der Waals surface area (Å²) in [4.78, 5) is 2.61. The van der Waals surface area contributed by atoms with Crippen molar-refractivity contribution in [2.45, 2.75) is 37.9 Å². The first-order valence-corrected chi connectivity index (χ1v) is 7.40. The summed E-state index contributed by atoms with van der Waals surface area (Å²) in [7, 11) is 0. The van der Waals surface area contributed by atoms with E-state index in [9.17, 15) is 0 Å². The maximum absolute atomic E-state index is 6.01. The van der Waals surface area contributed by atoms with Crippen LogP contribution in [0.3, 0.4) is 0 Å². The highest BCUT2D eigenvalue weighted by molar-refractivity contribution is 6.34. The molecule has 1 aromatic carbocycles. The molecule has 0 amide bonds. The zero-order valence-corrected chi connectivity index (χ0v) is 11.8. The van der Waals surface area contributed by atoms with Crippen LogP contribution in [0.2, 0.25) is 10.0 Å². The second kappa shape index (κ2) is 5.38. The van der Waals surface area contributed by atoms with E-state index in [2.05, 4.69) is 10.2 Å². The number of nitrogens with one attached hydrogen (secondary N) is 1. The van der Waals surface area contributed by atoms with Crippen molar-refractivity contribution in [3.8, 4) is 0 Å². The van der Waals surface area contributed by atoms with E-state index in [-0.39, 0.29) is 0 Å². The van der Waals surface area contributed by atoms with Gasteiger partial charge in [0.2, 0.25) is 0 Å². The van der Waals surface area contributed by atoms with Crippen molar-refractivity contribution in [2.75, 3.05) is 13.1 Å². The maximum atomic E-state index is 6.01. The van der Waals surface area contributed by atoms with Gasteiger partial charge in [0.05, 0.1) is 0 Å². The minimum atomic E-state index is 0.630. The van der Waals surface area contributed by atoms with Gasteiger partial charge in [-0.1, -0.05) is 23.2 Å². The molecule has 2 fully saturated rings. The van der Waals surface area contributed by atoms with Crippen molar-refractivity contribution in [1.29, 1.82) is 0 Å². The van der Waals surface area contributed by atoms with Crippen molar-refractivity contribution in [3.05, 3.63) is 33.8 Å². The largest absolute Gasteiger partial charge is 0.308 e. The lowest BCUT2D eigenvalue weighted by Crippen LogP contribution is -2.38. The summed E-state index contributed by atoms with van der Waals surface area (Å²) < 4.78 is 0. The number of fused-ring (bicyclic) bond motifs is 1. The van der Waals surface area contributed by atoms with Crippen molar-refractivity contribution in [1.82, 2.24) is 10.2 Å². The molecule has 2 atom stereocenters. The summed E-state index contributed by atoms with van der Waals surface area (Å²) in [5.41, 5.74) is 1.17. The van der Waals surface area contributed by atoms with Gasteiger partial charge in [0.15, 0.2) is 0 Å². The van der Waals surface area contributed by atoms with Crippen molar-refractivity contribution in [2.24, 2.45) is 0 Å². The van der Waals surface area contributed by atoms with Crippen LogP contribution in [-0.4, -0.2) is 30.1 Å². The molecule has 3 rings (SSSR count). The standard InChI is InChI=1S/C14H18Cl2N2/c15-11-6-10(7-12(16)8-11)9-17-13-3-5-18-4-1-2-14(13)18/h6-8,13-14,17H,1-5,9H2. The van der Waals surface area contributed by atoms with E-state index in [0.717, 1.165) is 12.6 Å². The highest BCUT2D eigenvalue weighted by Gasteiger charge is 2.36. The molecule has 0 aromatic heterocycles. The van der Waals surface area contributed by atoms with Crippen LogP contribution in [0.15, 0.2) is 18.2 Å². The van der Waals surface area contributed by atoms with E-state index in [1.807, 2.05) is 12.1 Å². The summed E-state index contributed by atoms with van der Waals surface area (Å²) in [5.74, 6) is 0. The number of benzene rings is 1. The lowest BCUT2D eigenvalue weighted by molar-refractivity contribution is 0.298. The Balaban J connectivity index is 1.61. The average molecular weight is 285 g/mol. The Labute approximate surface area is 118 Å². The molecule has 18 heavy (non-hydrogen) atoms. The van der Waals surface area contributed by atoms with E-state index in [1.54, 1.807) is 6.07 Å². The van der Waals surface area contributed by atoms with Crippen molar-refractivity contribution < 1.29 is 0 Å². The SMILES string of the molecule is Clc1cc(Cl)cc(CNC2CCN3CCCC23)c1. The third-order valence-corrected chi connectivity index (χ3v) is 4.53. The first-order valence-electron chi connectivity index (χ1n) is 6.65. The van der Waals surface area contributed by atoms with Crippen LogP contribution in [0.25, 0.3) is 0 Å². The smallest absolute Gasteiger partial charge is 0.0424 e. The number of rotatable bonds is 3. The summed E-state index contributed by atoms with van der Waals surface area (Å²) in [6.45, 7) is 3.39. The molecule has 98 valence electrons. The van der Waals surface area contributed by atoms with Gasteiger partial charge in [0.1, 0.15) is 0 Å². The molecule has 2 aliphatic heterocycles. The number of hydrogen-bond acceptors (Lipinski definition) is 2. The van der Waals surface area contributed by atoms with Gasteiger partial charge in [-0.05, 0) is 49.6 Å². The molecule has 0 bridgehead atoms. The Morgan fingerprint density at radius 1 is 1.11 bits per heavy atom. The number of hydrogen-bond donors (Lipinski definition) is 1.